The fourth-order valence-corrected chi connectivity index (χ4v) is 2.54. The van der Waals surface area contributed by atoms with Crippen molar-refractivity contribution in [1.29, 1.82) is 0 Å². The van der Waals surface area contributed by atoms with Gasteiger partial charge in [-0.25, -0.2) is 4.98 Å². The van der Waals surface area contributed by atoms with E-state index in [4.69, 9.17) is 4.74 Å². The lowest BCUT2D eigenvalue weighted by Crippen LogP contribution is -2.00. The van der Waals surface area contributed by atoms with Crippen molar-refractivity contribution >= 4 is 16.7 Å². The van der Waals surface area contributed by atoms with Crippen LogP contribution < -0.4 is 10.1 Å². The number of aromatic amines is 1. The fourth-order valence-electron chi connectivity index (χ4n) is 2.54. The van der Waals surface area contributed by atoms with Gasteiger partial charge in [-0.05, 0) is 48.5 Å². The number of nitrogens with zero attached hydrogens (tertiary/aromatic N) is 1. The second-order valence-electron chi connectivity index (χ2n) is 5.49. The van der Waals surface area contributed by atoms with Gasteiger partial charge in [0.2, 0.25) is 0 Å². The third-order valence-electron chi connectivity index (χ3n) is 3.73. The maximum Gasteiger partial charge on any atom is 0.127 e. The molecule has 0 aliphatic carbocycles. The Bertz CT molecular complexity index is 897. The second-order valence-corrected chi connectivity index (χ2v) is 5.49. The molecule has 0 spiro atoms. The van der Waals surface area contributed by atoms with E-state index in [1.165, 1.54) is 0 Å². The summed E-state index contributed by atoms with van der Waals surface area (Å²) >= 11 is 0. The van der Waals surface area contributed by atoms with Gasteiger partial charge < -0.3 is 15.0 Å². The van der Waals surface area contributed by atoms with Gasteiger partial charge in [0.15, 0.2) is 0 Å². The maximum atomic E-state index is 5.79. The second kappa shape index (κ2) is 6.46. The SMILES string of the molecule is c1ccc(Oc2ccc(NCc3nc4ccccc4[nH]3)cc2)cc1. The van der Waals surface area contributed by atoms with E-state index in [2.05, 4.69) is 15.3 Å². The molecule has 4 heteroatoms. The molecule has 3 aromatic carbocycles. The van der Waals surface area contributed by atoms with Gasteiger partial charge in [0.25, 0.3) is 0 Å². The minimum absolute atomic E-state index is 0.646. The summed E-state index contributed by atoms with van der Waals surface area (Å²) < 4.78 is 5.79. The minimum atomic E-state index is 0.646. The minimum Gasteiger partial charge on any atom is -0.457 e. The number of nitrogens with one attached hydrogen (secondary N) is 2. The Balaban J connectivity index is 1.40. The van der Waals surface area contributed by atoms with Crippen LogP contribution in [0, 0.1) is 0 Å². The number of rotatable bonds is 5. The van der Waals surface area contributed by atoms with E-state index in [-0.39, 0.29) is 0 Å². The normalized spacial score (nSPS) is 10.7. The van der Waals surface area contributed by atoms with Crippen molar-refractivity contribution in [3.8, 4) is 11.5 Å². The molecule has 0 unspecified atom stereocenters. The van der Waals surface area contributed by atoms with Crippen LogP contribution in [0.1, 0.15) is 5.82 Å². The van der Waals surface area contributed by atoms with Gasteiger partial charge in [-0.15, -0.1) is 0 Å². The summed E-state index contributed by atoms with van der Waals surface area (Å²) in [5.41, 5.74) is 3.07. The van der Waals surface area contributed by atoms with E-state index >= 15 is 0 Å². The summed E-state index contributed by atoms with van der Waals surface area (Å²) in [7, 11) is 0. The number of para-hydroxylation sites is 3. The quantitative estimate of drug-likeness (QED) is 0.547. The van der Waals surface area contributed by atoms with Gasteiger partial charge in [0, 0.05) is 5.69 Å². The first-order valence-corrected chi connectivity index (χ1v) is 7.87. The zero-order valence-corrected chi connectivity index (χ0v) is 13.1. The van der Waals surface area contributed by atoms with Crippen LogP contribution in [0.3, 0.4) is 0 Å². The van der Waals surface area contributed by atoms with E-state index in [0.29, 0.717) is 6.54 Å². The molecular weight excluding hydrogens is 298 g/mol. The first-order chi connectivity index (χ1) is 11.9. The molecule has 4 rings (SSSR count). The number of aromatic nitrogens is 2. The standard InChI is InChI=1S/C20H17N3O/c1-2-6-16(7-3-1)24-17-12-10-15(11-13-17)21-14-20-22-18-8-4-5-9-19(18)23-20/h1-13,21H,14H2,(H,22,23). The molecule has 0 amide bonds. The molecule has 0 bridgehead atoms. The molecule has 1 aromatic heterocycles. The highest BCUT2D eigenvalue weighted by Crippen LogP contribution is 2.22. The van der Waals surface area contributed by atoms with Crippen LogP contribution in [0.25, 0.3) is 11.0 Å². The van der Waals surface area contributed by atoms with E-state index in [1.54, 1.807) is 0 Å². The summed E-state index contributed by atoms with van der Waals surface area (Å²) in [5.74, 6) is 2.57. The number of ether oxygens (including phenoxy) is 1. The van der Waals surface area contributed by atoms with Gasteiger partial charge in [-0.3, -0.25) is 0 Å². The number of H-pyrrole nitrogens is 1. The highest BCUT2D eigenvalue weighted by atomic mass is 16.5. The molecule has 0 atom stereocenters. The molecule has 118 valence electrons. The number of hydrogen-bond acceptors (Lipinski definition) is 3. The Morgan fingerprint density at radius 3 is 2.29 bits per heavy atom. The zero-order chi connectivity index (χ0) is 16.2. The molecule has 0 fully saturated rings. The summed E-state index contributed by atoms with van der Waals surface area (Å²) in [4.78, 5) is 7.87. The third-order valence-corrected chi connectivity index (χ3v) is 3.73. The summed E-state index contributed by atoms with van der Waals surface area (Å²) in [5, 5.41) is 3.36. The molecular formula is C20H17N3O. The molecule has 4 aromatic rings. The Morgan fingerprint density at radius 1 is 0.792 bits per heavy atom. The van der Waals surface area contributed by atoms with Crippen LogP contribution >= 0.6 is 0 Å². The molecule has 0 radical (unpaired) electrons. The summed E-state index contributed by atoms with van der Waals surface area (Å²) in [6, 6.07) is 25.7. The average Bonchev–Trinajstić information content (AvgIpc) is 3.05. The molecule has 0 saturated carbocycles. The van der Waals surface area contributed by atoms with Crippen LogP contribution in [0.15, 0.2) is 78.9 Å². The highest BCUT2D eigenvalue weighted by molar-refractivity contribution is 5.74. The fraction of sp³-hybridized carbons (Fsp3) is 0.0500. The predicted molar refractivity (Wildman–Crippen MR) is 96.4 cm³/mol. The number of fused-ring (bicyclic) bond motifs is 1. The monoisotopic (exact) mass is 315 g/mol. The largest absolute Gasteiger partial charge is 0.457 e. The van der Waals surface area contributed by atoms with Crippen LogP contribution in [-0.4, -0.2) is 9.97 Å². The topological polar surface area (TPSA) is 49.9 Å². The first-order valence-electron chi connectivity index (χ1n) is 7.87. The molecule has 2 N–H and O–H groups in total. The molecule has 0 aliphatic rings. The summed E-state index contributed by atoms with van der Waals surface area (Å²) in [6.07, 6.45) is 0. The van der Waals surface area contributed by atoms with Gasteiger partial charge in [0.05, 0.1) is 17.6 Å². The smallest absolute Gasteiger partial charge is 0.127 e. The van der Waals surface area contributed by atoms with Crippen LogP contribution in [0.4, 0.5) is 5.69 Å². The predicted octanol–water partition coefficient (Wildman–Crippen LogP) is 4.97. The van der Waals surface area contributed by atoms with Crippen LogP contribution in [0.5, 0.6) is 11.5 Å². The number of anilines is 1. The lowest BCUT2D eigenvalue weighted by molar-refractivity contribution is 0.483. The van der Waals surface area contributed by atoms with Crippen LogP contribution in [-0.2, 0) is 6.54 Å². The van der Waals surface area contributed by atoms with Crippen molar-refractivity contribution in [2.45, 2.75) is 6.54 Å². The van der Waals surface area contributed by atoms with Gasteiger partial charge >= 0.3 is 0 Å². The Morgan fingerprint density at radius 2 is 1.50 bits per heavy atom. The third kappa shape index (κ3) is 3.22. The van der Waals surface area contributed by atoms with Crippen molar-refractivity contribution in [3.63, 3.8) is 0 Å². The van der Waals surface area contributed by atoms with E-state index in [1.807, 2.05) is 78.9 Å². The lowest BCUT2D eigenvalue weighted by Gasteiger charge is -2.08. The zero-order valence-electron chi connectivity index (χ0n) is 13.1. The van der Waals surface area contributed by atoms with Crippen molar-refractivity contribution < 1.29 is 4.74 Å². The summed E-state index contributed by atoms with van der Waals surface area (Å²) in [6.45, 7) is 0.646. The van der Waals surface area contributed by atoms with Gasteiger partial charge in [-0.2, -0.15) is 0 Å². The molecule has 4 nitrogen and oxygen atoms in total. The average molecular weight is 315 g/mol. The van der Waals surface area contributed by atoms with E-state index in [0.717, 1.165) is 34.0 Å². The highest BCUT2D eigenvalue weighted by Gasteiger charge is 2.02. The van der Waals surface area contributed by atoms with E-state index < -0.39 is 0 Å². The number of benzene rings is 3. The van der Waals surface area contributed by atoms with Crippen molar-refractivity contribution in [1.82, 2.24) is 9.97 Å². The lowest BCUT2D eigenvalue weighted by atomic mass is 10.3. The Kier molecular flexibility index (Phi) is 3.86. The van der Waals surface area contributed by atoms with Gasteiger partial charge in [0.1, 0.15) is 17.3 Å². The molecule has 0 aliphatic heterocycles. The van der Waals surface area contributed by atoms with Crippen molar-refractivity contribution in [2.24, 2.45) is 0 Å². The molecule has 24 heavy (non-hydrogen) atoms. The van der Waals surface area contributed by atoms with Crippen LogP contribution in [0.2, 0.25) is 0 Å². The number of hydrogen-bond donors (Lipinski definition) is 2. The molecule has 1 heterocycles. The van der Waals surface area contributed by atoms with E-state index in [9.17, 15) is 0 Å². The Hall–Kier alpha value is -3.27. The molecule has 0 saturated heterocycles. The maximum absolute atomic E-state index is 5.79. The first kappa shape index (κ1) is 14.3. The van der Waals surface area contributed by atoms with Gasteiger partial charge in [-0.1, -0.05) is 30.3 Å². The van der Waals surface area contributed by atoms with Crippen molar-refractivity contribution in [2.75, 3.05) is 5.32 Å². The van der Waals surface area contributed by atoms with Crippen molar-refractivity contribution in [3.05, 3.63) is 84.7 Å². The Labute approximate surface area is 140 Å². The number of imidazole rings is 1.